The SMILES string of the molecule is Nc1ccc2ccccc2c1-c1c(NS(=O)(=O)C(F)(F)F)ccc2ccccc12. The zero-order valence-electron chi connectivity index (χ0n) is 14.9. The first-order valence-corrected chi connectivity index (χ1v) is 10.1. The number of nitrogen functional groups attached to an aromatic ring is 1. The summed E-state index contributed by atoms with van der Waals surface area (Å²) in [6.45, 7) is 0. The third-order valence-electron chi connectivity index (χ3n) is 4.69. The van der Waals surface area contributed by atoms with Crippen LogP contribution in [0, 0.1) is 0 Å². The Balaban J connectivity index is 2.10. The molecule has 0 bridgehead atoms. The lowest BCUT2D eigenvalue weighted by atomic mass is 9.91. The largest absolute Gasteiger partial charge is 0.516 e. The lowest BCUT2D eigenvalue weighted by molar-refractivity contribution is -0.0429. The summed E-state index contributed by atoms with van der Waals surface area (Å²) in [5.41, 5.74) is 1.69. The average Bonchev–Trinajstić information content (AvgIpc) is 2.67. The van der Waals surface area contributed by atoms with E-state index >= 15 is 0 Å². The molecule has 4 nitrogen and oxygen atoms in total. The molecule has 0 heterocycles. The van der Waals surface area contributed by atoms with Crippen LogP contribution >= 0.6 is 0 Å². The van der Waals surface area contributed by atoms with Crippen LogP contribution < -0.4 is 10.5 Å². The molecule has 0 saturated heterocycles. The molecule has 0 aliphatic heterocycles. The van der Waals surface area contributed by atoms with Crippen molar-refractivity contribution in [2.75, 3.05) is 10.5 Å². The van der Waals surface area contributed by atoms with Crippen molar-refractivity contribution in [3.05, 3.63) is 72.8 Å². The molecule has 0 radical (unpaired) electrons. The number of hydrogen-bond acceptors (Lipinski definition) is 3. The van der Waals surface area contributed by atoms with E-state index in [0.717, 1.165) is 10.8 Å². The van der Waals surface area contributed by atoms with Gasteiger partial charge in [0.05, 0.1) is 5.69 Å². The molecule has 0 aromatic heterocycles. The Hall–Kier alpha value is -3.26. The molecule has 4 aromatic rings. The summed E-state index contributed by atoms with van der Waals surface area (Å²) in [6.07, 6.45) is 0. The van der Waals surface area contributed by atoms with E-state index in [1.54, 1.807) is 59.3 Å². The number of sulfonamides is 1. The lowest BCUT2D eigenvalue weighted by Gasteiger charge is -2.19. The molecule has 0 amide bonds. The summed E-state index contributed by atoms with van der Waals surface area (Å²) in [7, 11) is -5.61. The second-order valence-electron chi connectivity index (χ2n) is 6.51. The van der Waals surface area contributed by atoms with E-state index in [4.69, 9.17) is 5.73 Å². The number of alkyl halides is 3. The number of hydrogen-bond donors (Lipinski definition) is 2. The molecule has 29 heavy (non-hydrogen) atoms. The molecule has 0 atom stereocenters. The Morgan fingerprint density at radius 3 is 1.83 bits per heavy atom. The molecular weight excluding hydrogens is 401 g/mol. The van der Waals surface area contributed by atoms with Gasteiger partial charge in [-0.3, -0.25) is 4.72 Å². The Labute approximate surface area is 164 Å². The smallest absolute Gasteiger partial charge is 0.398 e. The highest BCUT2D eigenvalue weighted by Crippen LogP contribution is 2.43. The summed E-state index contributed by atoms with van der Waals surface area (Å²) in [4.78, 5) is 0. The third-order valence-corrected chi connectivity index (χ3v) is 5.79. The van der Waals surface area contributed by atoms with Gasteiger partial charge in [0, 0.05) is 16.8 Å². The minimum atomic E-state index is -5.61. The molecule has 148 valence electrons. The fourth-order valence-electron chi connectivity index (χ4n) is 3.40. The van der Waals surface area contributed by atoms with Crippen LogP contribution in [-0.4, -0.2) is 13.9 Å². The second-order valence-corrected chi connectivity index (χ2v) is 8.19. The zero-order chi connectivity index (χ0) is 20.8. The van der Waals surface area contributed by atoms with Crippen LogP contribution in [0.1, 0.15) is 0 Å². The van der Waals surface area contributed by atoms with Gasteiger partial charge in [0.1, 0.15) is 0 Å². The zero-order valence-corrected chi connectivity index (χ0v) is 15.7. The fourth-order valence-corrected chi connectivity index (χ4v) is 3.97. The Kier molecular flexibility index (Phi) is 4.38. The third kappa shape index (κ3) is 3.25. The summed E-state index contributed by atoms with van der Waals surface area (Å²) in [5, 5.41) is 2.85. The first-order chi connectivity index (χ1) is 13.7. The minimum Gasteiger partial charge on any atom is -0.398 e. The first-order valence-electron chi connectivity index (χ1n) is 8.57. The predicted octanol–water partition coefficient (Wildman–Crippen LogP) is 5.50. The number of nitrogens with two attached hydrogens (primary N) is 1. The van der Waals surface area contributed by atoms with E-state index in [0.29, 0.717) is 27.6 Å². The Morgan fingerprint density at radius 1 is 0.724 bits per heavy atom. The van der Waals surface area contributed by atoms with Crippen LogP contribution in [0.15, 0.2) is 72.8 Å². The van der Waals surface area contributed by atoms with Crippen LogP contribution in [0.5, 0.6) is 0 Å². The second kappa shape index (κ2) is 6.66. The van der Waals surface area contributed by atoms with Gasteiger partial charge in [0.2, 0.25) is 0 Å². The lowest BCUT2D eigenvalue weighted by Crippen LogP contribution is -2.30. The van der Waals surface area contributed by atoms with Crippen LogP contribution in [-0.2, 0) is 10.0 Å². The molecule has 4 aromatic carbocycles. The first kappa shape index (κ1) is 19.1. The van der Waals surface area contributed by atoms with Gasteiger partial charge in [0.15, 0.2) is 0 Å². The number of halogens is 3. The van der Waals surface area contributed by atoms with E-state index in [2.05, 4.69) is 0 Å². The van der Waals surface area contributed by atoms with Gasteiger partial charge in [0.25, 0.3) is 0 Å². The maximum atomic E-state index is 13.0. The summed E-state index contributed by atoms with van der Waals surface area (Å²) in [6, 6.07) is 20.6. The Bertz CT molecular complexity index is 1350. The molecule has 8 heteroatoms. The molecule has 0 saturated carbocycles. The van der Waals surface area contributed by atoms with Crippen molar-refractivity contribution in [1.82, 2.24) is 0 Å². The van der Waals surface area contributed by atoms with Crippen molar-refractivity contribution in [2.24, 2.45) is 0 Å². The average molecular weight is 416 g/mol. The van der Waals surface area contributed by atoms with Crippen LogP contribution in [0.4, 0.5) is 24.5 Å². The topological polar surface area (TPSA) is 72.2 Å². The van der Waals surface area contributed by atoms with Gasteiger partial charge in [-0.2, -0.15) is 21.6 Å². The summed E-state index contributed by atoms with van der Waals surface area (Å²) in [5.74, 6) is 0. The van der Waals surface area contributed by atoms with Crippen molar-refractivity contribution in [3.63, 3.8) is 0 Å². The van der Waals surface area contributed by atoms with E-state index in [-0.39, 0.29) is 5.69 Å². The van der Waals surface area contributed by atoms with Crippen LogP contribution in [0.25, 0.3) is 32.7 Å². The maximum Gasteiger partial charge on any atom is 0.516 e. The number of fused-ring (bicyclic) bond motifs is 2. The van der Waals surface area contributed by atoms with E-state index in [1.807, 2.05) is 12.1 Å². The number of rotatable bonds is 3. The molecule has 0 aliphatic rings. The Morgan fingerprint density at radius 2 is 1.24 bits per heavy atom. The minimum absolute atomic E-state index is 0.191. The molecular formula is C21H15F3N2O2S. The van der Waals surface area contributed by atoms with Gasteiger partial charge >= 0.3 is 15.5 Å². The normalized spacial score (nSPS) is 12.4. The molecule has 4 rings (SSSR count). The van der Waals surface area contributed by atoms with Crippen LogP contribution in [0.2, 0.25) is 0 Å². The summed E-state index contributed by atoms with van der Waals surface area (Å²) < 4.78 is 64.4. The van der Waals surface area contributed by atoms with Crippen molar-refractivity contribution in [1.29, 1.82) is 0 Å². The number of anilines is 2. The molecule has 0 spiro atoms. The van der Waals surface area contributed by atoms with Gasteiger partial charge in [-0.1, -0.05) is 60.7 Å². The summed E-state index contributed by atoms with van der Waals surface area (Å²) >= 11 is 0. The van der Waals surface area contributed by atoms with E-state index in [1.165, 1.54) is 6.07 Å². The van der Waals surface area contributed by atoms with E-state index in [9.17, 15) is 21.6 Å². The monoisotopic (exact) mass is 416 g/mol. The molecule has 3 N–H and O–H groups in total. The van der Waals surface area contributed by atoms with Crippen molar-refractivity contribution < 1.29 is 21.6 Å². The standard InChI is InChI=1S/C21H15F3N2O2S/c22-21(23,24)29(27,28)26-18-12-10-14-6-2-4-8-16(14)20(18)19-15-7-3-1-5-13(15)9-11-17(19)25/h1-12,26H,25H2. The quantitative estimate of drug-likeness (QED) is 0.433. The number of benzene rings is 4. The number of nitrogens with one attached hydrogen (secondary N) is 1. The molecule has 0 aliphatic carbocycles. The highest BCUT2D eigenvalue weighted by molar-refractivity contribution is 7.93. The van der Waals surface area contributed by atoms with Gasteiger partial charge < -0.3 is 5.73 Å². The van der Waals surface area contributed by atoms with Gasteiger partial charge in [-0.15, -0.1) is 0 Å². The highest BCUT2D eigenvalue weighted by Gasteiger charge is 2.46. The van der Waals surface area contributed by atoms with Crippen molar-refractivity contribution in [2.45, 2.75) is 5.51 Å². The van der Waals surface area contributed by atoms with Gasteiger partial charge in [-0.25, -0.2) is 0 Å². The van der Waals surface area contributed by atoms with E-state index < -0.39 is 15.5 Å². The molecule has 0 fully saturated rings. The predicted molar refractivity (Wildman–Crippen MR) is 110 cm³/mol. The van der Waals surface area contributed by atoms with Crippen molar-refractivity contribution in [3.8, 4) is 11.1 Å². The highest BCUT2D eigenvalue weighted by atomic mass is 32.2. The van der Waals surface area contributed by atoms with Gasteiger partial charge in [-0.05, 0) is 33.7 Å². The van der Waals surface area contributed by atoms with Crippen molar-refractivity contribution >= 4 is 42.9 Å². The maximum absolute atomic E-state index is 13.0. The van der Waals surface area contributed by atoms with Crippen LogP contribution in [0.3, 0.4) is 0 Å². The molecule has 0 unspecified atom stereocenters. The fraction of sp³-hybridized carbons (Fsp3) is 0.0476.